The van der Waals surface area contributed by atoms with Crippen molar-refractivity contribution in [1.29, 1.82) is 0 Å². The minimum atomic E-state index is -1.18. The number of aromatic nitrogens is 1. The molecule has 0 aliphatic rings. The molecule has 7 heteroatoms. The zero-order chi connectivity index (χ0) is 13.3. The SMILES string of the molecule is O=[N+]([O-])c1ccc2[nH]cc(C(O)C(O)CCl)c2c1. The lowest BCUT2D eigenvalue weighted by Crippen LogP contribution is -2.19. The van der Waals surface area contributed by atoms with Crippen LogP contribution in [0.1, 0.15) is 11.7 Å². The Morgan fingerprint density at radius 3 is 2.78 bits per heavy atom. The molecule has 1 aromatic carbocycles. The van der Waals surface area contributed by atoms with E-state index in [9.17, 15) is 20.3 Å². The monoisotopic (exact) mass is 270 g/mol. The lowest BCUT2D eigenvalue weighted by atomic mass is 10.0. The van der Waals surface area contributed by atoms with Crippen molar-refractivity contribution in [2.75, 3.05) is 5.88 Å². The standard InChI is InChI=1S/C11H11ClN2O4/c12-4-10(15)11(16)8-5-13-9-2-1-6(14(17)18)3-7(8)9/h1-3,5,10-11,13,15-16H,4H2. The van der Waals surface area contributed by atoms with Crippen molar-refractivity contribution in [2.45, 2.75) is 12.2 Å². The fourth-order valence-corrected chi connectivity index (χ4v) is 1.95. The average molecular weight is 271 g/mol. The average Bonchev–Trinajstić information content (AvgIpc) is 2.79. The van der Waals surface area contributed by atoms with Crippen molar-refractivity contribution in [3.8, 4) is 0 Å². The highest BCUT2D eigenvalue weighted by atomic mass is 35.5. The number of aliphatic hydroxyl groups excluding tert-OH is 2. The Morgan fingerprint density at radius 1 is 1.44 bits per heavy atom. The van der Waals surface area contributed by atoms with Gasteiger partial charge in [0.1, 0.15) is 6.10 Å². The zero-order valence-electron chi connectivity index (χ0n) is 9.21. The van der Waals surface area contributed by atoms with Gasteiger partial charge in [-0.05, 0) is 6.07 Å². The second kappa shape index (κ2) is 4.93. The largest absolute Gasteiger partial charge is 0.389 e. The number of aromatic amines is 1. The third kappa shape index (κ3) is 2.17. The summed E-state index contributed by atoms with van der Waals surface area (Å²) in [6.07, 6.45) is -0.794. The van der Waals surface area contributed by atoms with Gasteiger partial charge in [-0.3, -0.25) is 10.1 Å². The van der Waals surface area contributed by atoms with Gasteiger partial charge in [-0.25, -0.2) is 0 Å². The minimum Gasteiger partial charge on any atom is -0.389 e. The number of hydrogen-bond acceptors (Lipinski definition) is 4. The first-order valence-electron chi connectivity index (χ1n) is 5.22. The van der Waals surface area contributed by atoms with Crippen LogP contribution in [0.3, 0.4) is 0 Å². The number of nitrogens with zero attached hydrogens (tertiary/aromatic N) is 1. The maximum absolute atomic E-state index is 10.7. The number of hydrogen-bond donors (Lipinski definition) is 3. The Bertz CT molecular complexity index is 583. The van der Waals surface area contributed by atoms with Crippen LogP contribution in [0.2, 0.25) is 0 Å². The summed E-state index contributed by atoms with van der Waals surface area (Å²) in [6.45, 7) is 0. The lowest BCUT2D eigenvalue weighted by Gasteiger charge is -2.14. The number of fused-ring (bicyclic) bond motifs is 1. The van der Waals surface area contributed by atoms with Crippen LogP contribution in [0.5, 0.6) is 0 Å². The lowest BCUT2D eigenvalue weighted by molar-refractivity contribution is -0.384. The Morgan fingerprint density at radius 2 is 2.17 bits per heavy atom. The van der Waals surface area contributed by atoms with Crippen LogP contribution in [-0.2, 0) is 0 Å². The highest BCUT2D eigenvalue weighted by molar-refractivity contribution is 6.18. The predicted molar refractivity (Wildman–Crippen MR) is 66.6 cm³/mol. The number of aliphatic hydroxyl groups is 2. The van der Waals surface area contributed by atoms with E-state index in [0.29, 0.717) is 16.5 Å². The second-order valence-corrected chi connectivity index (χ2v) is 4.21. The van der Waals surface area contributed by atoms with Gasteiger partial charge in [0.2, 0.25) is 0 Å². The maximum Gasteiger partial charge on any atom is 0.270 e. The molecule has 0 amide bonds. The summed E-state index contributed by atoms with van der Waals surface area (Å²) in [5.74, 6) is -0.122. The van der Waals surface area contributed by atoms with Crippen molar-refractivity contribution < 1.29 is 15.1 Å². The van der Waals surface area contributed by atoms with Crippen LogP contribution < -0.4 is 0 Å². The Balaban J connectivity index is 2.51. The van der Waals surface area contributed by atoms with Crippen LogP contribution >= 0.6 is 11.6 Å². The molecule has 3 N–H and O–H groups in total. The van der Waals surface area contributed by atoms with E-state index in [1.165, 1.54) is 18.3 Å². The number of benzene rings is 1. The molecule has 18 heavy (non-hydrogen) atoms. The van der Waals surface area contributed by atoms with Gasteiger partial charge in [0, 0.05) is 34.8 Å². The summed E-state index contributed by atoms with van der Waals surface area (Å²) < 4.78 is 0. The number of nitrogens with one attached hydrogen (secondary N) is 1. The molecule has 6 nitrogen and oxygen atoms in total. The quantitative estimate of drug-likeness (QED) is 0.447. The van der Waals surface area contributed by atoms with Gasteiger partial charge in [-0.15, -0.1) is 11.6 Å². The van der Waals surface area contributed by atoms with Crippen LogP contribution in [-0.4, -0.2) is 32.1 Å². The summed E-state index contributed by atoms with van der Waals surface area (Å²) in [6, 6.07) is 4.27. The fourth-order valence-electron chi connectivity index (χ4n) is 1.78. The van der Waals surface area contributed by atoms with Crippen molar-refractivity contribution in [1.82, 2.24) is 4.98 Å². The van der Waals surface area contributed by atoms with E-state index >= 15 is 0 Å². The molecule has 1 aromatic heterocycles. The van der Waals surface area contributed by atoms with Crippen molar-refractivity contribution in [2.24, 2.45) is 0 Å². The zero-order valence-corrected chi connectivity index (χ0v) is 9.96. The molecule has 0 bridgehead atoms. The molecule has 2 unspecified atom stereocenters. The molecule has 0 aliphatic heterocycles. The molecule has 0 radical (unpaired) electrons. The Hall–Kier alpha value is -1.63. The summed E-state index contributed by atoms with van der Waals surface area (Å²) in [7, 11) is 0. The third-order valence-electron chi connectivity index (χ3n) is 2.75. The van der Waals surface area contributed by atoms with Crippen molar-refractivity contribution in [3.05, 3.63) is 40.1 Å². The molecule has 96 valence electrons. The van der Waals surface area contributed by atoms with Gasteiger partial charge in [0.05, 0.1) is 16.9 Å². The highest BCUT2D eigenvalue weighted by Gasteiger charge is 2.21. The number of nitro groups is 1. The van der Waals surface area contributed by atoms with E-state index in [0.717, 1.165) is 0 Å². The minimum absolute atomic E-state index is 0.0732. The topological polar surface area (TPSA) is 99.4 Å². The number of rotatable bonds is 4. The van der Waals surface area contributed by atoms with Gasteiger partial charge in [0.25, 0.3) is 5.69 Å². The van der Waals surface area contributed by atoms with Gasteiger partial charge < -0.3 is 15.2 Å². The first-order valence-corrected chi connectivity index (χ1v) is 5.75. The summed E-state index contributed by atoms with van der Waals surface area (Å²) in [5.41, 5.74) is 0.967. The van der Waals surface area contributed by atoms with Crippen LogP contribution in [0, 0.1) is 10.1 Å². The van der Waals surface area contributed by atoms with Crippen LogP contribution in [0.4, 0.5) is 5.69 Å². The molecule has 0 aliphatic carbocycles. The molecule has 2 atom stereocenters. The molecular weight excluding hydrogens is 260 g/mol. The molecular formula is C11H11ClN2O4. The van der Waals surface area contributed by atoms with Gasteiger partial charge >= 0.3 is 0 Å². The molecule has 2 rings (SSSR count). The van der Waals surface area contributed by atoms with Gasteiger partial charge in [0.15, 0.2) is 0 Å². The Kier molecular flexibility index (Phi) is 3.51. The van der Waals surface area contributed by atoms with E-state index < -0.39 is 17.1 Å². The maximum atomic E-state index is 10.7. The van der Waals surface area contributed by atoms with Crippen molar-refractivity contribution in [3.63, 3.8) is 0 Å². The predicted octanol–water partition coefficient (Wildman–Crippen LogP) is 1.71. The van der Waals surface area contributed by atoms with E-state index in [-0.39, 0.29) is 11.6 Å². The van der Waals surface area contributed by atoms with Crippen LogP contribution in [0.25, 0.3) is 10.9 Å². The number of nitro benzene ring substituents is 1. The van der Waals surface area contributed by atoms with Crippen molar-refractivity contribution >= 4 is 28.2 Å². The van der Waals surface area contributed by atoms with E-state index in [1.807, 2.05) is 0 Å². The van der Waals surface area contributed by atoms with E-state index in [2.05, 4.69) is 4.98 Å². The van der Waals surface area contributed by atoms with Gasteiger partial charge in [-0.1, -0.05) is 0 Å². The summed E-state index contributed by atoms with van der Waals surface area (Å²) in [5, 5.41) is 30.6. The molecule has 0 saturated heterocycles. The third-order valence-corrected chi connectivity index (χ3v) is 3.07. The fraction of sp³-hybridized carbons (Fsp3) is 0.273. The molecule has 0 spiro atoms. The van der Waals surface area contributed by atoms with E-state index in [1.54, 1.807) is 6.07 Å². The number of non-ortho nitro benzene ring substituents is 1. The molecule has 1 heterocycles. The van der Waals surface area contributed by atoms with Crippen LogP contribution in [0.15, 0.2) is 24.4 Å². The van der Waals surface area contributed by atoms with Gasteiger partial charge in [-0.2, -0.15) is 0 Å². The second-order valence-electron chi connectivity index (χ2n) is 3.90. The summed E-state index contributed by atoms with van der Waals surface area (Å²) in [4.78, 5) is 13.1. The Labute approximate surface area is 107 Å². The number of H-pyrrole nitrogens is 1. The normalized spacial score (nSPS) is 14.6. The number of halogens is 1. The molecule has 2 aromatic rings. The molecule has 0 saturated carbocycles. The molecule has 0 fully saturated rings. The summed E-state index contributed by atoms with van der Waals surface area (Å²) >= 11 is 5.47. The first-order chi connectivity index (χ1) is 8.54. The van der Waals surface area contributed by atoms with E-state index in [4.69, 9.17) is 11.6 Å². The first kappa shape index (κ1) is 12.8. The highest BCUT2D eigenvalue weighted by Crippen LogP contribution is 2.29. The number of alkyl halides is 1. The smallest absolute Gasteiger partial charge is 0.270 e.